The molecule has 5 rings (SSSR count). The maximum absolute atomic E-state index is 15.0. The lowest BCUT2D eigenvalue weighted by Crippen LogP contribution is -2.36. The Hall–Kier alpha value is -3.94. The van der Waals surface area contributed by atoms with Crippen LogP contribution in [0.5, 0.6) is 0 Å². The van der Waals surface area contributed by atoms with Crippen LogP contribution >= 0.6 is 0 Å². The first kappa shape index (κ1) is 29.5. The lowest BCUT2D eigenvalue weighted by Gasteiger charge is -2.30. The largest absolute Gasteiger partial charge is 0.416 e. The van der Waals surface area contributed by atoms with E-state index in [-0.39, 0.29) is 16.7 Å². The number of hydrogen-bond acceptors (Lipinski definition) is 5. The van der Waals surface area contributed by atoms with Crippen LogP contribution in [0.4, 0.5) is 28.9 Å². The molecule has 3 aromatic rings. The summed E-state index contributed by atoms with van der Waals surface area (Å²) in [5.41, 5.74) is 1.96. The van der Waals surface area contributed by atoms with Crippen LogP contribution in [0, 0.1) is 30.0 Å². The van der Waals surface area contributed by atoms with Gasteiger partial charge < -0.3 is 19.9 Å². The zero-order valence-corrected chi connectivity index (χ0v) is 23.7. The van der Waals surface area contributed by atoms with Gasteiger partial charge in [-0.05, 0) is 87.3 Å². The van der Waals surface area contributed by atoms with Crippen molar-refractivity contribution in [3.05, 3.63) is 76.9 Å². The molecule has 2 aliphatic heterocycles. The van der Waals surface area contributed by atoms with Crippen molar-refractivity contribution >= 4 is 17.3 Å². The van der Waals surface area contributed by atoms with Crippen molar-refractivity contribution in [3.8, 4) is 23.0 Å². The molecule has 2 fully saturated rings. The number of pyridine rings is 1. The molecular weight excluding hydrogens is 548 g/mol. The number of likely N-dealkylation sites (tertiary alicyclic amines) is 1. The van der Waals surface area contributed by atoms with Gasteiger partial charge in [0, 0.05) is 42.4 Å². The second-order valence-electron chi connectivity index (χ2n) is 11.2. The van der Waals surface area contributed by atoms with Crippen LogP contribution in [0.25, 0.3) is 11.1 Å². The van der Waals surface area contributed by atoms with Gasteiger partial charge in [0.1, 0.15) is 11.5 Å². The number of carbonyl (C=O) groups is 1. The minimum atomic E-state index is -4.61. The number of anilines is 2. The van der Waals surface area contributed by atoms with Gasteiger partial charge in [0.25, 0.3) is 5.91 Å². The Morgan fingerprint density at radius 1 is 1.12 bits per heavy atom. The number of amides is 1. The summed E-state index contributed by atoms with van der Waals surface area (Å²) in [6, 6.07) is 8.74. The molecule has 0 aliphatic carbocycles. The van der Waals surface area contributed by atoms with E-state index in [2.05, 4.69) is 40.9 Å². The average Bonchev–Trinajstić information content (AvgIpc) is 3.31. The quantitative estimate of drug-likeness (QED) is 0.303. The average molecular weight is 581 g/mol. The lowest BCUT2D eigenvalue weighted by atomic mass is 9.90. The molecular formula is C32H32F4N4O2. The van der Waals surface area contributed by atoms with E-state index in [0.717, 1.165) is 43.4 Å². The van der Waals surface area contributed by atoms with Gasteiger partial charge in [-0.15, -0.1) is 0 Å². The van der Waals surface area contributed by atoms with Crippen LogP contribution < -0.4 is 10.2 Å². The smallest absolute Gasteiger partial charge is 0.378 e. The lowest BCUT2D eigenvalue weighted by molar-refractivity contribution is -0.137. The SMILES string of the molecule is Cc1cc(F)c(NC(=O)c2cccc(C(F)(F)F)c2)cc1-c1cnc(C#CC2(C)CCN(C)C2)c(N2CCOCC2)c1. The number of hydrogen-bond donors (Lipinski definition) is 1. The minimum absolute atomic E-state index is 0.127. The standard InChI is InChI=1S/C32H32F4N4O2/c1-21-15-26(33)28(38-30(41)22-5-4-6-24(16-22)32(34,35)36)18-25(21)23-17-29(40-11-13-42-14-12-40)27(37-19-23)7-8-31(2)9-10-39(3)20-31/h4-6,15-19H,9-14,20H2,1-3H3,(H,38,41). The Labute approximate surface area is 242 Å². The molecule has 1 aromatic heterocycles. The number of aryl methyl sites for hydroxylation is 1. The Bertz CT molecular complexity index is 1560. The van der Waals surface area contributed by atoms with Gasteiger partial charge in [-0.3, -0.25) is 4.79 Å². The van der Waals surface area contributed by atoms with Gasteiger partial charge in [0.15, 0.2) is 0 Å². The summed E-state index contributed by atoms with van der Waals surface area (Å²) < 4.78 is 60.0. The number of carbonyl (C=O) groups excluding carboxylic acids is 1. The number of rotatable bonds is 4. The summed E-state index contributed by atoms with van der Waals surface area (Å²) in [7, 11) is 2.08. The number of benzene rings is 2. The normalized spacial score (nSPS) is 19.4. The fourth-order valence-electron chi connectivity index (χ4n) is 5.36. The molecule has 10 heteroatoms. The minimum Gasteiger partial charge on any atom is -0.378 e. The molecule has 3 heterocycles. The molecule has 6 nitrogen and oxygen atoms in total. The zero-order valence-electron chi connectivity index (χ0n) is 23.7. The van der Waals surface area contributed by atoms with Crippen LogP contribution in [0.3, 0.4) is 0 Å². The second-order valence-corrected chi connectivity index (χ2v) is 11.2. The van der Waals surface area contributed by atoms with Crippen molar-refractivity contribution in [2.45, 2.75) is 26.4 Å². The molecule has 2 aliphatic rings. The highest BCUT2D eigenvalue weighted by molar-refractivity contribution is 6.04. The number of aromatic nitrogens is 1. The molecule has 0 spiro atoms. The predicted molar refractivity (Wildman–Crippen MR) is 154 cm³/mol. The van der Waals surface area contributed by atoms with Crippen molar-refractivity contribution in [2.75, 3.05) is 56.7 Å². The van der Waals surface area contributed by atoms with Gasteiger partial charge in [-0.1, -0.05) is 12.0 Å². The number of alkyl halides is 3. The number of ether oxygens (including phenoxy) is 1. The monoisotopic (exact) mass is 580 g/mol. The van der Waals surface area contributed by atoms with E-state index in [4.69, 9.17) is 9.72 Å². The van der Waals surface area contributed by atoms with Gasteiger partial charge >= 0.3 is 6.18 Å². The first-order chi connectivity index (χ1) is 19.9. The molecule has 2 saturated heterocycles. The molecule has 1 N–H and O–H groups in total. The number of nitrogens with zero attached hydrogens (tertiary/aromatic N) is 3. The van der Waals surface area contributed by atoms with Gasteiger partial charge in [-0.2, -0.15) is 13.2 Å². The van der Waals surface area contributed by atoms with Gasteiger partial charge in [0.2, 0.25) is 0 Å². The third-order valence-electron chi connectivity index (χ3n) is 7.69. The summed E-state index contributed by atoms with van der Waals surface area (Å²) in [6.07, 6.45) is -1.95. The number of morpholine rings is 1. The summed E-state index contributed by atoms with van der Waals surface area (Å²) in [5.74, 6) is 5.21. The van der Waals surface area contributed by atoms with E-state index in [9.17, 15) is 22.4 Å². The molecule has 2 aromatic carbocycles. The Morgan fingerprint density at radius 3 is 2.57 bits per heavy atom. The number of halogens is 4. The van der Waals surface area contributed by atoms with Crippen molar-refractivity contribution in [2.24, 2.45) is 5.41 Å². The molecule has 220 valence electrons. The van der Waals surface area contributed by atoms with E-state index in [1.807, 2.05) is 6.07 Å². The molecule has 0 saturated carbocycles. The topological polar surface area (TPSA) is 57.7 Å². The van der Waals surface area contributed by atoms with Crippen LogP contribution in [0.1, 0.15) is 40.5 Å². The van der Waals surface area contributed by atoms with Crippen LogP contribution in [-0.4, -0.2) is 62.2 Å². The fourth-order valence-corrected chi connectivity index (χ4v) is 5.36. The molecule has 1 amide bonds. The van der Waals surface area contributed by atoms with Crippen LogP contribution in [0.2, 0.25) is 0 Å². The zero-order chi connectivity index (χ0) is 30.1. The second kappa shape index (κ2) is 11.7. The van der Waals surface area contributed by atoms with Crippen LogP contribution in [0.15, 0.2) is 48.7 Å². The first-order valence-corrected chi connectivity index (χ1v) is 13.8. The van der Waals surface area contributed by atoms with E-state index in [1.165, 1.54) is 18.2 Å². The highest BCUT2D eigenvalue weighted by atomic mass is 19.4. The van der Waals surface area contributed by atoms with Crippen molar-refractivity contribution in [1.82, 2.24) is 9.88 Å². The van der Waals surface area contributed by atoms with E-state index in [1.54, 1.807) is 13.1 Å². The Morgan fingerprint density at radius 2 is 1.88 bits per heavy atom. The maximum atomic E-state index is 15.0. The molecule has 1 atom stereocenters. The van der Waals surface area contributed by atoms with E-state index in [0.29, 0.717) is 48.7 Å². The van der Waals surface area contributed by atoms with E-state index < -0.39 is 23.5 Å². The highest BCUT2D eigenvalue weighted by Gasteiger charge is 2.31. The predicted octanol–water partition coefficient (Wildman–Crippen LogP) is 6.00. The third kappa shape index (κ3) is 6.58. The van der Waals surface area contributed by atoms with Crippen molar-refractivity contribution in [3.63, 3.8) is 0 Å². The van der Waals surface area contributed by atoms with Gasteiger partial charge in [-0.25, -0.2) is 9.37 Å². The summed E-state index contributed by atoms with van der Waals surface area (Å²) in [6.45, 7) is 8.25. The molecule has 0 radical (unpaired) electrons. The Kier molecular flexibility index (Phi) is 8.26. The summed E-state index contributed by atoms with van der Waals surface area (Å²) >= 11 is 0. The van der Waals surface area contributed by atoms with Crippen molar-refractivity contribution < 1.29 is 27.1 Å². The van der Waals surface area contributed by atoms with Crippen LogP contribution in [-0.2, 0) is 10.9 Å². The Balaban J connectivity index is 1.48. The summed E-state index contributed by atoms with van der Waals surface area (Å²) in [4.78, 5) is 22.0. The van der Waals surface area contributed by atoms with Gasteiger partial charge in [0.05, 0.1) is 30.2 Å². The van der Waals surface area contributed by atoms with Crippen molar-refractivity contribution in [1.29, 1.82) is 0 Å². The van der Waals surface area contributed by atoms with E-state index >= 15 is 0 Å². The molecule has 42 heavy (non-hydrogen) atoms. The first-order valence-electron chi connectivity index (χ1n) is 13.8. The third-order valence-corrected chi connectivity index (χ3v) is 7.69. The molecule has 0 bridgehead atoms. The summed E-state index contributed by atoms with van der Waals surface area (Å²) in [5, 5.41) is 2.44. The number of nitrogens with one attached hydrogen (secondary N) is 1. The molecule has 1 unspecified atom stereocenters. The maximum Gasteiger partial charge on any atom is 0.416 e. The fraction of sp³-hybridized carbons (Fsp3) is 0.375. The highest BCUT2D eigenvalue weighted by Crippen LogP contribution is 2.34.